The summed E-state index contributed by atoms with van der Waals surface area (Å²) in [5.41, 5.74) is 0. The van der Waals surface area contributed by atoms with E-state index in [4.69, 9.17) is 0 Å². The number of rotatable bonds is 3. The zero-order valence-corrected chi connectivity index (χ0v) is 12.1. The Morgan fingerprint density at radius 3 is 2.80 bits per heavy atom. The smallest absolute Gasteiger partial charge is 0.260 e. The van der Waals surface area contributed by atoms with E-state index in [9.17, 15) is 13.2 Å². The molecule has 1 aromatic rings. The van der Waals surface area contributed by atoms with Crippen molar-refractivity contribution in [2.45, 2.75) is 49.6 Å². The van der Waals surface area contributed by atoms with Gasteiger partial charge in [-0.25, -0.2) is 8.42 Å². The molecule has 0 aromatic carbocycles. The number of Topliss-reactive ketones (excluding diaryl/α,β-unsaturated/α-hetero) is 1. The van der Waals surface area contributed by atoms with Crippen LogP contribution < -0.4 is 0 Å². The lowest BCUT2D eigenvalue weighted by Gasteiger charge is -2.31. The van der Waals surface area contributed by atoms with Crippen LogP contribution in [0, 0.1) is 5.92 Å². The lowest BCUT2D eigenvalue weighted by Crippen LogP contribution is -2.43. The average Bonchev–Trinajstić information content (AvgIpc) is 3.11. The topological polar surface area (TPSA) is 83.1 Å². The van der Waals surface area contributed by atoms with E-state index in [2.05, 4.69) is 10.2 Å². The van der Waals surface area contributed by atoms with E-state index in [1.54, 1.807) is 0 Å². The van der Waals surface area contributed by atoms with Crippen molar-refractivity contribution in [3.8, 4) is 0 Å². The Morgan fingerprint density at radius 1 is 1.25 bits per heavy atom. The molecule has 7 heteroatoms. The Bertz CT molecular complexity index is 582. The van der Waals surface area contributed by atoms with Gasteiger partial charge in [-0.15, -0.1) is 0 Å². The van der Waals surface area contributed by atoms with Gasteiger partial charge in [0.15, 0.2) is 5.03 Å². The molecule has 2 aliphatic rings. The van der Waals surface area contributed by atoms with Gasteiger partial charge < -0.3 is 0 Å². The molecule has 1 N–H and O–H groups in total. The Labute approximate surface area is 118 Å². The van der Waals surface area contributed by atoms with E-state index in [0.29, 0.717) is 13.0 Å². The second-order valence-electron chi connectivity index (χ2n) is 5.56. The predicted octanol–water partition coefficient (Wildman–Crippen LogP) is 1.32. The molecule has 0 amide bonds. The standard InChI is InChI=1S/C13H19N3O3S/c17-12-6-2-1-4-10(12)11-5-3-9-16(11)20(18,19)13-7-8-14-15-13/h7-8,10-11H,1-6,9H2,(H,14,15). The van der Waals surface area contributed by atoms with Gasteiger partial charge in [0.05, 0.1) is 6.20 Å². The minimum absolute atomic E-state index is 0.118. The molecule has 2 heterocycles. The van der Waals surface area contributed by atoms with Crippen molar-refractivity contribution in [3.63, 3.8) is 0 Å². The fourth-order valence-electron chi connectivity index (χ4n) is 3.40. The summed E-state index contributed by atoms with van der Waals surface area (Å²) in [4.78, 5) is 12.1. The largest absolute Gasteiger partial charge is 0.299 e. The lowest BCUT2D eigenvalue weighted by molar-refractivity contribution is -0.126. The predicted molar refractivity (Wildman–Crippen MR) is 72.5 cm³/mol. The van der Waals surface area contributed by atoms with Gasteiger partial charge in [-0.1, -0.05) is 6.42 Å². The Hall–Kier alpha value is -1.21. The molecule has 0 spiro atoms. The highest BCUT2D eigenvalue weighted by atomic mass is 32.2. The Balaban J connectivity index is 1.87. The van der Waals surface area contributed by atoms with Gasteiger partial charge in [-0.3, -0.25) is 9.89 Å². The molecule has 6 nitrogen and oxygen atoms in total. The maximum Gasteiger partial charge on any atom is 0.260 e. The van der Waals surface area contributed by atoms with Gasteiger partial charge in [-0.2, -0.15) is 9.40 Å². The molecule has 20 heavy (non-hydrogen) atoms. The van der Waals surface area contributed by atoms with Crippen molar-refractivity contribution >= 4 is 15.8 Å². The van der Waals surface area contributed by atoms with Crippen molar-refractivity contribution in [2.75, 3.05) is 6.54 Å². The number of H-pyrrole nitrogens is 1. The molecule has 110 valence electrons. The first-order valence-electron chi connectivity index (χ1n) is 7.14. The van der Waals surface area contributed by atoms with E-state index in [-0.39, 0.29) is 22.8 Å². The molecule has 3 rings (SSSR count). The Kier molecular flexibility index (Phi) is 3.64. The van der Waals surface area contributed by atoms with E-state index in [1.807, 2.05) is 0 Å². The van der Waals surface area contributed by atoms with E-state index in [1.165, 1.54) is 16.6 Å². The van der Waals surface area contributed by atoms with Crippen LogP contribution in [0.4, 0.5) is 0 Å². The number of hydrogen-bond donors (Lipinski definition) is 1. The first-order chi connectivity index (χ1) is 9.60. The summed E-state index contributed by atoms with van der Waals surface area (Å²) >= 11 is 0. The van der Waals surface area contributed by atoms with Crippen molar-refractivity contribution in [3.05, 3.63) is 12.3 Å². The molecule has 0 radical (unpaired) electrons. The van der Waals surface area contributed by atoms with Gasteiger partial charge in [-0.05, 0) is 31.7 Å². The van der Waals surface area contributed by atoms with E-state index in [0.717, 1.165) is 32.1 Å². The summed E-state index contributed by atoms with van der Waals surface area (Å²) in [6, 6.07) is 1.30. The summed E-state index contributed by atoms with van der Waals surface area (Å²) in [5, 5.41) is 6.36. The van der Waals surface area contributed by atoms with Crippen LogP contribution in [0.1, 0.15) is 38.5 Å². The van der Waals surface area contributed by atoms with Gasteiger partial charge in [0.1, 0.15) is 5.78 Å². The molecule has 1 saturated carbocycles. The number of sulfonamides is 1. The van der Waals surface area contributed by atoms with Crippen LogP contribution >= 0.6 is 0 Å². The number of nitrogens with zero attached hydrogens (tertiary/aromatic N) is 2. The molecule has 1 aliphatic heterocycles. The van der Waals surface area contributed by atoms with Crippen LogP contribution in [-0.4, -0.2) is 41.3 Å². The Morgan fingerprint density at radius 2 is 2.10 bits per heavy atom. The van der Waals surface area contributed by atoms with E-state index >= 15 is 0 Å². The number of hydrogen-bond acceptors (Lipinski definition) is 4. The van der Waals surface area contributed by atoms with Crippen LogP contribution in [0.3, 0.4) is 0 Å². The highest BCUT2D eigenvalue weighted by molar-refractivity contribution is 7.89. The maximum atomic E-state index is 12.6. The second kappa shape index (κ2) is 5.29. The van der Waals surface area contributed by atoms with Crippen LogP contribution in [0.2, 0.25) is 0 Å². The monoisotopic (exact) mass is 297 g/mol. The average molecular weight is 297 g/mol. The number of ketones is 1. The minimum atomic E-state index is -3.55. The highest BCUT2D eigenvalue weighted by Gasteiger charge is 2.42. The van der Waals surface area contributed by atoms with Crippen molar-refractivity contribution in [1.29, 1.82) is 0 Å². The third-order valence-electron chi connectivity index (χ3n) is 4.38. The van der Waals surface area contributed by atoms with Gasteiger partial charge in [0.25, 0.3) is 10.0 Å². The molecule has 2 fully saturated rings. The fraction of sp³-hybridized carbons (Fsp3) is 0.692. The van der Waals surface area contributed by atoms with Gasteiger partial charge >= 0.3 is 0 Å². The van der Waals surface area contributed by atoms with Crippen molar-refractivity contribution < 1.29 is 13.2 Å². The quantitative estimate of drug-likeness (QED) is 0.912. The fourth-order valence-corrected chi connectivity index (χ4v) is 5.03. The van der Waals surface area contributed by atoms with E-state index < -0.39 is 10.0 Å². The van der Waals surface area contributed by atoms with Gasteiger partial charge in [0, 0.05) is 24.9 Å². The van der Waals surface area contributed by atoms with Crippen molar-refractivity contribution in [2.24, 2.45) is 5.92 Å². The lowest BCUT2D eigenvalue weighted by atomic mass is 9.82. The number of carbonyl (C=O) groups is 1. The number of carbonyl (C=O) groups excluding carboxylic acids is 1. The summed E-state index contributed by atoms with van der Waals surface area (Å²) < 4.78 is 26.7. The molecule has 1 aliphatic carbocycles. The number of nitrogens with one attached hydrogen (secondary N) is 1. The molecule has 0 bridgehead atoms. The molecule has 2 atom stereocenters. The molecule has 1 saturated heterocycles. The maximum absolute atomic E-state index is 12.6. The third-order valence-corrected chi connectivity index (χ3v) is 6.23. The summed E-state index contributed by atoms with van der Waals surface area (Å²) in [5.74, 6) is 0.108. The zero-order chi connectivity index (χ0) is 14.2. The molecule has 2 unspecified atom stereocenters. The van der Waals surface area contributed by atoms with Crippen LogP contribution in [0.25, 0.3) is 0 Å². The summed E-state index contributed by atoms with van der Waals surface area (Å²) in [6.45, 7) is 0.496. The zero-order valence-electron chi connectivity index (χ0n) is 11.3. The minimum Gasteiger partial charge on any atom is -0.299 e. The van der Waals surface area contributed by atoms with Crippen molar-refractivity contribution in [1.82, 2.24) is 14.5 Å². The normalized spacial score (nSPS) is 28.9. The SMILES string of the molecule is O=C1CCCCC1C1CCCN1S(=O)(=O)c1ccn[nH]1. The third kappa shape index (κ3) is 2.29. The first kappa shape index (κ1) is 13.8. The van der Waals surface area contributed by atoms with Crippen LogP contribution in [0.5, 0.6) is 0 Å². The van der Waals surface area contributed by atoms with Gasteiger partial charge in [0.2, 0.25) is 0 Å². The number of aromatic nitrogens is 2. The van der Waals surface area contributed by atoms with Crippen LogP contribution in [0.15, 0.2) is 17.3 Å². The molecular weight excluding hydrogens is 278 g/mol. The highest BCUT2D eigenvalue weighted by Crippen LogP contribution is 2.35. The molecule has 1 aromatic heterocycles. The molecular formula is C13H19N3O3S. The first-order valence-corrected chi connectivity index (χ1v) is 8.58. The van der Waals surface area contributed by atoms with Crippen LogP contribution in [-0.2, 0) is 14.8 Å². The number of aromatic amines is 1. The summed E-state index contributed by atoms with van der Waals surface area (Å²) in [6.07, 6.45) is 6.41. The second-order valence-corrected chi connectivity index (χ2v) is 7.42. The summed E-state index contributed by atoms with van der Waals surface area (Å²) in [7, 11) is -3.55.